The van der Waals surface area contributed by atoms with Crippen LogP contribution in [0.25, 0.3) is 0 Å². The van der Waals surface area contributed by atoms with Crippen LogP contribution in [0.2, 0.25) is 0 Å². The van der Waals surface area contributed by atoms with E-state index in [4.69, 9.17) is 4.74 Å². The lowest BCUT2D eigenvalue weighted by Crippen LogP contribution is -2.29. The molecular weight excluding hydrogens is 387 g/mol. The van der Waals surface area contributed by atoms with Gasteiger partial charge in [0.1, 0.15) is 5.75 Å². The molecule has 1 aliphatic rings. The summed E-state index contributed by atoms with van der Waals surface area (Å²) in [6.07, 6.45) is -1.26. The summed E-state index contributed by atoms with van der Waals surface area (Å²) in [6, 6.07) is 5.48. The smallest absolute Gasteiger partial charge is 0.422 e. The summed E-state index contributed by atoms with van der Waals surface area (Å²) in [5.41, 5.74) is 2.56. The Labute approximate surface area is 166 Å². The van der Waals surface area contributed by atoms with Crippen LogP contribution in [0.5, 0.6) is 11.6 Å². The minimum Gasteiger partial charge on any atom is -0.496 e. The van der Waals surface area contributed by atoms with Gasteiger partial charge in [0.15, 0.2) is 6.61 Å². The van der Waals surface area contributed by atoms with Gasteiger partial charge in [0.05, 0.1) is 31.2 Å². The van der Waals surface area contributed by atoms with E-state index in [2.05, 4.69) is 20.0 Å². The van der Waals surface area contributed by atoms with Gasteiger partial charge in [-0.2, -0.15) is 13.2 Å². The number of nitrogens with zero attached hydrogens (tertiary/aromatic N) is 2. The number of hydrogen-bond acceptors (Lipinski definition) is 5. The van der Waals surface area contributed by atoms with Crippen LogP contribution >= 0.6 is 0 Å². The third-order valence-electron chi connectivity index (χ3n) is 4.81. The normalized spacial score (nSPS) is 19.4. The van der Waals surface area contributed by atoms with E-state index < -0.39 is 18.8 Å². The van der Waals surface area contributed by atoms with E-state index in [1.165, 1.54) is 6.20 Å². The molecule has 1 aromatic heterocycles. The van der Waals surface area contributed by atoms with Gasteiger partial charge >= 0.3 is 6.18 Å². The zero-order valence-corrected chi connectivity index (χ0v) is 16.3. The van der Waals surface area contributed by atoms with Crippen LogP contribution in [0, 0.1) is 12.8 Å². The fourth-order valence-electron chi connectivity index (χ4n) is 3.16. The highest BCUT2D eigenvalue weighted by molar-refractivity contribution is 5.83. The number of alkyl halides is 3. The van der Waals surface area contributed by atoms with Crippen molar-refractivity contribution in [1.82, 2.24) is 15.3 Å². The Morgan fingerprint density at radius 2 is 2.07 bits per heavy atom. The number of benzene rings is 1. The number of halogens is 3. The van der Waals surface area contributed by atoms with E-state index >= 15 is 0 Å². The van der Waals surface area contributed by atoms with Crippen LogP contribution in [0.4, 0.5) is 13.2 Å². The number of carbonyl (C=O) groups excluding carboxylic acids is 1. The number of aryl methyl sites for hydroxylation is 1. The average molecular weight is 409 g/mol. The third kappa shape index (κ3) is 5.36. The molecule has 6 nitrogen and oxygen atoms in total. The van der Waals surface area contributed by atoms with Crippen LogP contribution in [-0.2, 0) is 4.79 Å². The average Bonchev–Trinajstić information content (AvgIpc) is 3.47. The van der Waals surface area contributed by atoms with Crippen molar-refractivity contribution in [3.05, 3.63) is 47.4 Å². The molecule has 0 spiro atoms. The molecule has 2 unspecified atom stereocenters. The van der Waals surface area contributed by atoms with E-state index in [1.807, 2.05) is 25.1 Å². The number of aromatic nitrogens is 2. The molecule has 0 radical (unpaired) electrons. The van der Waals surface area contributed by atoms with Gasteiger partial charge in [-0.3, -0.25) is 9.78 Å². The molecule has 1 fully saturated rings. The maximum Gasteiger partial charge on any atom is 0.422 e. The Kier molecular flexibility index (Phi) is 5.95. The van der Waals surface area contributed by atoms with Crippen LogP contribution in [-0.4, -0.2) is 35.8 Å². The number of carbonyl (C=O) groups is 1. The van der Waals surface area contributed by atoms with Gasteiger partial charge in [0.2, 0.25) is 11.8 Å². The first-order chi connectivity index (χ1) is 13.7. The predicted molar refractivity (Wildman–Crippen MR) is 98.7 cm³/mol. The Bertz CT molecular complexity index is 872. The SMILES string of the molecule is COc1ccc(C2CC2C(=O)N[C@H](C)c2cnc(OCC(F)(F)F)cn2)cc1C. The van der Waals surface area contributed by atoms with Gasteiger partial charge in [0, 0.05) is 5.92 Å². The highest BCUT2D eigenvalue weighted by atomic mass is 19.4. The predicted octanol–water partition coefficient (Wildman–Crippen LogP) is 3.72. The molecule has 0 aliphatic heterocycles. The summed E-state index contributed by atoms with van der Waals surface area (Å²) in [5.74, 6) is 0.547. The van der Waals surface area contributed by atoms with E-state index in [9.17, 15) is 18.0 Å². The molecule has 3 rings (SSSR count). The van der Waals surface area contributed by atoms with Crippen molar-refractivity contribution < 1.29 is 27.4 Å². The lowest BCUT2D eigenvalue weighted by atomic mass is 10.1. The zero-order valence-electron chi connectivity index (χ0n) is 16.3. The highest BCUT2D eigenvalue weighted by Gasteiger charge is 2.44. The molecule has 1 aromatic carbocycles. The summed E-state index contributed by atoms with van der Waals surface area (Å²) in [6.45, 7) is 2.27. The maximum absolute atomic E-state index is 12.5. The van der Waals surface area contributed by atoms with Gasteiger partial charge in [-0.15, -0.1) is 0 Å². The fourth-order valence-corrected chi connectivity index (χ4v) is 3.16. The van der Waals surface area contributed by atoms with Crippen LogP contribution in [0.15, 0.2) is 30.6 Å². The molecule has 1 N–H and O–H groups in total. The first kappa shape index (κ1) is 20.9. The Balaban J connectivity index is 1.54. The molecule has 3 atom stereocenters. The molecule has 9 heteroatoms. The highest BCUT2D eigenvalue weighted by Crippen LogP contribution is 2.48. The molecule has 1 aliphatic carbocycles. The van der Waals surface area contributed by atoms with Gasteiger partial charge in [-0.25, -0.2) is 4.98 Å². The summed E-state index contributed by atoms with van der Waals surface area (Å²) in [5, 5.41) is 2.88. The number of amides is 1. The second-order valence-electron chi connectivity index (χ2n) is 7.09. The first-order valence-corrected chi connectivity index (χ1v) is 9.14. The van der Waals surface area contributed by atoms with Gasteiger partial charge in [-0.05, 0) is 43.4 Å². The lowest BCUT2D eigenvalue weighted by Gasteiger charge is -2.14. The monoisotopic (exact) mass is 409 g/mol. The van der Waals surface area contributed by atoms with E-state index in [1.54, 1.807) is 14.0 Å². The number of ether oxygens (including phenoxy) is 2. The maximum atomic E-state index is 12.5. The molecule has 1 heterocycles. The van der Waals surface area contributed by atoms with E-state index in [0.29, 0.717) is 5.69 Å². The molecule has 1 amide bonds. The van der Waals surface area contributed by atoms with Gasteiger partial charge < -0.3 is 14.8 Å². The first-order valence-electron chi connectivity index (χ1n) is 9.14. The van der Waals surface area contributed by atoms with Crippen molar-refractivity contribution in [1.29, 1.82) is 0 Å². The summed E-state index contributed by atoms with van der Waals surface area (Å²) in [7, 11) is 1.62. The summed E-state index contributed by atoms with van der Waals surface area (Å²) >= 11 is 0. The second kappa shape index (κ2) is 8.26. The van der Waals surface area contributed by atoms with Crippen LogP contribution in [0.1, 0.15) is 42.1 Å². The standard InChI is InChI=1S/C20H22F3N3O3/c1-11-6-13(4-5-17(11)28-3)14-7-15(14)19(27)26-12(2)16-8-25-18(9-24-16)29-10-20(21,22)23/h4-6,8-9,12,14-15H,7,10H2,1-3H3,(H,26,27)/t12-,14?,15?/m1/s1. The molecule has 0 bridgehead atoms. The van der Waals surface area contributed by atoms with E-state index in [0.717, 1.165) is 29.5 Å². The van der Waals surface area contributed by atoms with Crippen molar-refractivity contribution in [3.8, 4) is 11.6 Å². The van der Waals surface area contributed by atoms with E-state index in [-0.39, 0.29) is 23.6 Å². The Morgan fingerprint density at radius 1 is 1.31 bits per heavy atom. The van der Waals surface area contributed by atoms with Crippen LogP contribution < -0.4 is 14.8 Å². The largest absolute Gasteiger partial charge is 0.496 e. The Hall–Kier alpha value is -2.84. The number of hydrogen-bond donors (Lipinski definition) is 1. The van der Waals surface area contributed by atoms with Crippen LogP contribution in [0.3, 0.4) is 0 Å². The molecule has 156 valence electrons. The number of nitrogens with one attached hydrogen (secondary N) is 1. The number of rotatable bonds is 7. The third-order valence-corrected chi connectivity index (χ3v) is 4.81. The summed E-state index contributed by atoms with van der Waals surface area (Å²) in [4.78, 5) is 20.4. The van der Waals surface area contributed by atoms with Crippen molar-refractivity contribution >= 4 is 5.91 Å². The number of methoxy groups -OCH3 is 1. The minimum atomic E-state index is -4.44. The van der Waals surface area contributed by atoms with Crippen molar-refractivity contribution in [2.75, 3.05) is 13.7 Å². The summed E-state index contributed by atoms with van der Waals surface area (Å²) < 4.78 is 46.3. The fraction of sp³-hybridized carbons (Fsp3) is 0.450. The van der Waals surface area contributed by atoms with Crippen molar-refractivity contribution in [3.63, 3.8) is 0 Å². The van der Waals surface area contributed by atoms with Gasteiger partial charge in [0.25, 0.3) is 0 Å². The molecule has 0 saturated heterocycles. The van der Waals surface area contributed by atoms with Gasteiger partial charge in [-0.1, -0.05) is 12.1 Å². The lowest BCUT2D eigenvalue weighted by molar-refractivity contribution is -0.154. The quantitative estimate of drug-likeness (QED) is 0.755. The molecule has 2 aromatic rings. The molecular formula is C20H22F3N3O3. The van der Waals surface area contributed by atoms with Crippen molar-refractivity contribution in [2.24, 2.45) is 5.92 Å². The molecule has 1 saturated carbocycles. The Morgan fingerprint density at radius 3 is 2.66 bits per heavy atom. The minimum absolute atomic E-state index is 0.0878. The topological polar surface area (TPSA) is 73.3 Å². The van der Waals surface area contributed by atoms with Crippen molar-refractivity contribution in [2.45, 2.75) is 38.4 Å². The molecule has 29 heavy (non-hydrogen) atoms. The second-order valence-corrected chi connectivity index (χ2v) is 7.09. The zero-order chi connectivity index (χ0) is 21.2.